The fourth-order valence-corrected chi connectivity index (χ4v) is 1.99. The van der Waals surface area contributed by atoms with Crippen molar-refractivity contribution in [3.63, 3.8) is 0 Å². The summed E-state index contributed by atoms with van der Waals surface area (Å²) in [5.74, 6) is 0.0465. The monoisotopic (exact) mass is 262 g/mol. The van der Waals surface area contributed by atoms with Gasteiger partial charge in [0.15, 0.2) is 0 Å². The second-order valence-electron chi connectivity index (χ2n) is 4.49. The highest BCUT2D eigenvalue weighted by Crippen LogP contribution is 2.20. The summed E-state index contributed by atoms with van der Waals surface area (Å²) in [5.41, 5.74) is -0.529. The van der Waals surface area contributed by atoms with Gasteiger partial charge < -0.3 is 9.47 Å². The van der Waals surface area contributed by atoms with Crippen molar-refractivity contribution in [2.45, 2.75) is 51.9 Å². The molecule has 0 N–H and O–H groups in total. The Balaban J connectivity index is 4.40. The summed E-state index contributed by atoms with van der Waals surface area (Å²) in [4.78, 5) is 23.2. The van der Waals surface area contributed by atoms with Gasteiger partial charge in [0.1, 0.15) is 10.9 Å². The van der Waals surface area contributed by atoms with Gasteiger partial charge in [-0.2, -0.15) is 0 Å². The van der Waals surface area contributed by atoms with Gasteiger partial charge in [0, 0.05) is 0 Å². The van der Waals surface area contributed by atoms with Crippen molar-refractivity contribution in [1.29, 1.82) is 0 Å². The van der Waals surface area contributed by atoms with E-state index in [1.807, 2.05) is 27.7 Å². The van der Waals surface area contributed by atoms with E-state index in [9.17, 15) is 9.59 Å². The van der Waals surface area contributed by atoms with Gasteiger partial charge in [-0.15, -0.1) is 11.8 Å². The van der Waals surface area contributed by atoms with E-state index < -0.39 is 10.9 Å². The van der Waals surface area contributed by atoms with Crippen LogP contribution in [-0.4, -0.2) is 35.1 Å². The summed E-state index contributed by atoms with van der Waals surface area (Å²) in [5, 5.41) is -0.474. The largest absolute Gasteiger partial charge is 0.466 e. The number of carbonyl (C=O) groups excluding carboxylic acids is 2. The number of rotatable bonds is 6. The lowest BCUT2D eigenvalue weighted by Crippen LogP contribution is -2.32. The van der Waals surface area contributed by atoms with Crippen molar-refractivity contribution in [3.8, 4) is 0 Å². The third-order valence-corrected chi connectivity index (χ3v) is 2.79. The van der Waals surface area contributed by atoms with E-state index in [2.05, 4.69) is 0 Å². The number of carbonyl (C=O) groups is 2. The van der Waals surface area contributed by atoms with Crippen LogP contribution in [0.1, 0.15) is 41.0 Å². The molecule has 0 saturated heterocycles. The molecule has 5 heteroatoms. The molecule has 0 fully saturated rings. The zero-order valence-electron chi connectivity index (χ0n) is 11.2. The molecule has 0 rings (SSSR count). The van der Waals surface area contributed by atoms with Crippen LogP contribution in [0.4, 0.5) is 0 Å². The summed E-state index contributed by atoms with van der Waals surface area (Å²) in [7, 11) is 0. The van der Waals surface area contributed by atoms with E-state index in [1.54, 1.807) is 6.92 Å². The van der Waals surface area contributed by atoms with Gasteiger partial charge >= 0.3 is 11.9 Å². The van der Waals surface area contributed by atoms with Gasteiger partial charge in [-0.1, -0.05) is 6.92 Å². The van der Waals surface area contributed by atoms with E-state index >= 15 is 0 Å². The molecule has 4 nitrogen and oxygen atoms in total. The van der Waals surface area contributed by atoms with Crippen LogP contribution in [0.3, 0.4) is 0 Å². The first-order valence-corrected chi connectivity index (χ1v) is 6.85. The Bertz CT molecular complexity index is 258. The van der Waals surface area contributed by atoms with Crippen molar-refractivity contribution >= 4 is 23.7 Å². The molecule has 0 aromatic heterocycles. The normalized spacial score (nSPS) is 13.0. The van der Waals surface area contributed by atoms with Crippen molar-refractivity contribution in [3.05, 3.63) is 0 Å². The average Bonchev–Trinajstić information content (AvgIpc) is 2.14. The Morgan fingerprint density at radius 3 is 2.24 bits per heavy atom. The molecule has 100 valence electrons. The maximum absolute atomic E-state index is 11.8. The third kappa shape index (κ3) is 8.07. The standard InChI is InChI=1S/C12H22O4S/c1-6-15-10(13)8-9(17-7-2)11(14)16-12(3,4)5/h9H,6-8H2,1-5H3. The quantitative estimate of drug-likeness (QED) is 0.688. The van der Waals surface area contributed by atoms with Gasteiger partial charge in [-0.3, -0.25) is 9.59 Å². The number of thioether (sulfide) groups is 1. The molecular weight excluding hydrogens is 240 g/mol. The molecule has 1 unspecified atom stereocenters. The second kappa shape index (κ2) is 7.58. The Morgan fingerprint density at radius 1 is 1.24 bits per heavy atom. The van der Waals surface area contributed by atoms with Crippen LogP contribution in [0.15, 0.2) is 0 Å². The lowest BCUT2D eigenvalue weighted by atomic mass is 10.2. The van der Waals surface area contributed by atoms with Gasteiger partial charge in [0.2, 0.25) is 0 Å². The van der Waals surface area contributed by atoms with Crippen LogP contribution in [-0.2, 0) is 19.1 Å². The van der Waals surface area contributed by atoms with Crippen LogP contribution in [0.2, 0.25) is 0 Å². The van der Waals surface area contributed by atoms with Crippen LogP contribution in [0.5, 0.6) is 0 Å². The maximum Gasteiger partial charge on any atom is 0.320 e. The van der Waals surface area contributed by atoms with Crippen molar-refractivity contribution in [1.82, 2.24) is 0 Å². The number of ether oxygens (including phenoxy) is 2. The zero-order chi connectivity index (χ0) is 13.5. The van der Waals surface area contributed by atoms with Gasteiger partial charge in [-0.05, 0) is 33.4 Å². The van der Waals surface area contributed by atoms with Crippen LogP contribution >= 0.6 is 11.8 Å². The minimum absolute atomic E-state index is 0.0707. The smallest absolute Gasteiger partial charge is 0.320 e. The first-order chi connectivity index (χ1) is 7.80. The lowest BCUT2D eigenvalue weighted by Gasteiger charge is -2.23. The summed E-state index contributed by atoms with van der Waals surface area (Å²) in [6.45, 7) is 9.44. The molecule has 0 radical (unpaired) electrons. The lowest BCUT2D eigenvalue weighted by molar-refractivity contribution is -0.157. The van der Waals surface area contributed by atoms with E-state index in [0.29, 0.717) is 6.61 Å². The third-order valence-electron chi connectivity index (χ3n) is 1.69. The molecule has 0 spiro atoms. The van der Waals surface area contributed by atoms with E-state index in [1.165, 1.54) is 11.8 Å². The van der Waals surface area contributed by atoms with Crippen molar-refractivity contribution in [2.24, 2.45) is 0 Å². The fraction of sp³-hybridized carbons (Fsp3) is 0.833. The zero-order valence-corrected chi connectivity index (χ0v) is 12.1. The Kier molecular flexibility index (Phi) is 7.27. The first-order valence-electron chi connectivity index (χ1n) is 5.80. The highest BCUT2D eigenvalue weighted by Gasteiger charge is 2.27. The Morgan fingerprint density at radius 2 is 1.82 bits per heavy atom. The summed E-state index contributed by atoms with van der Waals surface area (Å²) >= 11 is 1.40. The number of hydrogen-bond acceptors (Lipinski definition) is 5. The highest BCUT2D eigenvalue weighted by molar-refractivity contribution is 8.00. The molecule has 17 heavy (non-hydrogen) atoms. The number of hydrogen-bond donors (Lipinski definition) is 0. The Labute approximate surface area is 107 Å². The van der Waals surface area contributed by atoms with Crippen LogP contribution in [0, 0.1) is 0 Å². The highest BCUT2D eigenvalue weighted by atomic mass is 32.2. The second-order valence-corrected chi connectivity index (χ2v) is 5.97. The molecule has 0 aromatic rings. The van der Waals surface area contributed by atoms with Gasteiger partial charge in [-0.25, -0.2) is 0 Å². The minimum Gasteiger partial charge on any atom is -0.466 e. The van der Waals surface area contributed by atoms with Crippen LogP contribution in [0.25, 0.3) is 0 Å². The topological polar surface area (TPSA) is 52.6 Å². The molecule has 0 saturated carbocycles. The molecule has 0 aromatic carbocycles. The maximum atomic E-state index is 11.8. The van der Waals surface area contributed by atoms with E-state index in [-0.39, 0.29) is 18.4 Å². The molecule has 0 aliphatic carbocycles. The van der Waals surface area contributed by atoms with Gasteiger partial charge in [0.25, 0.3) is 0 Å². The summed E-state index contributed by atoms with van der Waals surface area (Å²) in [6.07, 6.45) is 0.0707. The molecule has 1 atom stereocenters. The SMILES string of the molecule is CCOC(=O)CC(SCC)C(=O)OC(C)(C)C. The Hall–Kier alpha value is -0.710. The summed E-state index contributed by atoms with van der Waals surface area (Å²) < 4.78 is 10.1. The minimum atomic E-state index is -0.529. The summed E-state index contributed by atoms with van der Waals surface area (Å²) in [6, 6.07) is 0. The predicted octanol–water partition coefficient (Wildman–Crippen LogP) is 2.40. The van der Waals surface area contributed by atoms with Crippen molar-refractivity contribution < 1.29 is 19.1 Å². The molecule has 0 aliphatic heterocycles. The van der Waals surface area contributed by atoms with Gasteiger partial charge in [0.05, 0.1) is 13.0 Å². The van der Waals surface area contributed by atoms with E-state index in [0.717, 1.165) is 5.75 Å². The molecule has 0 aliphatic rings. The fourth-order valence-electron chi connectivity index (χ4n) is 1.15. The molecule has 0 bridgehead atoms. The predicted molar refractivity (Wildman–Crippen MR) is 69.0 cm³/mol. The first kappa shape index (κ1) is 16.3. The van der Waals surface area contributed by atoms with E-state index in [4.69, 9.17) is 9.47 Å². The number of esters is 2. The molecule has 0 heterocycles. The van der Waals surface area contributed by atoms with Crippen molar-refractivity contribution in [2.75, 3.05) is 12.4 Å². The average molecular weight is 262 g/mol. The molecule has 0 amide bonds. The molecular formula is C12H22O4S. The van der Waals surface area contributed by atoms with Crippen LogP contribution < -0.4 is 0 Å².